The number of nitrogens with one attached hydrogen (secondary N) is 2. The highest BCUT2D eigenvalue weighted by molar-refractivity contribution is 7.91. The number of rotatable bonds is 7. The Kier molecular flexibility index (Phi) is 6.05. The molecule has 28 heavy (non-hydrogen) atoms. The van der Waals surface area contributed by atoms with Gasteiger partial charge in [-0.25, -0.2) is 8.42 Å². The highest BCUT2D eigenvalue weighted by Gasteiger charge is 2.16. The highest BCUT2D eigenvalue weighted by Crippen LogP contribution is 2.18. The second-order valence-electron chi connectivity index (χ2n) is 6.29. The molecule has 0 aliphatic rings. The van der Waals surface area contributed by atoms with E-state index in [1.807, 2.05) is 31.2 Å². The van der Waals surface area contributed by atoms with Crippen LogP contribution >= 0.6 is 12.2 Å². The number of H-pyrrole nitrogens is 1. The number of carbonyl (C=O) groups is 1. The van der Waals surface area contributed by atoms with Crippen LogP contribution in [0.1, 0.15) is 5.56 Å². The van der Waals surface area contributed by atoms with Gasteiger partial charge in [0.1, 0.15) is 6.54 Å². The van der Waals surface area contributed by atoms with Crippen LogP contribution in [0.3, 0.4) is 0 Å². The minimum Gasteiger partial charge on any atom is -0.354 e. The maximum absolute atomic E-state index is 12.3. The van der Waals surface area contributed by atoms with Crippen LogP contribution in [0.5, 0.6) is 0 Å². The Bertz CT molecular complexity index is 1140. The molecule has 0 saturated heterocycles. The fourth-order valence-corrected chi connectivity index (χ4v) is 4.11. The molecule has 146 valence electrons. The molecule has 0 saturated carbocycles. The van der Waals surface area contributed by atoms with E-state index in [1.165, 1.54) is 12.1 Å². The van der Waals surface area contributed by atoms with E-state index in [0.717, 1.165) is 11.1 Å². The van der Waals surface area contributed by atoms with E-state index < -0.39 is 9.84 Å². The molecule has 0 radical (unpaired) electrons. The molecule has 1 aromatic heterocycles. The average Bonchev–Trinajstić information content (AvgIpc) is 3.03. The van der Waals surface area contributed by atoms with Gasteiger partial charge in [0.15, 0.2) is 20.4 Å². The number of amides is 1. The first-order chi connectivity index (χ1) is 13.4. The molecule has 0 atom stereocenters. The summed E-state index contributed by atoms with van der Waals surface area (Å²) in [5, 5.41) is 9.55. The minimum absolute atomic E-state index is 0.0149. The average molecular weight is 417 g/mol. The van der Waals surface area contributed by atoms with E-state index >= 15 is 0 Å². The molecule has 3 rings (SSSR count). The Morgan fingerprint density at radius 3 is 2.64 bits per heavy atom. The van der Waals surface area contributed by atoms with Crippen LogP contribution in [0.2, 0.25) is 0 Å². The lowest BCUT2D eigenvalue weighted by Gasteiger charge is -2.09. The first kappa shape index (κ1) is 20.0. The van der Waals surface area contributed by atoms with E-state index in [4.69, 9.17) is 12.2 Å². The number of carbonyl (C=O) groups excluding carboxylic acids is 1. The summed E-state index contributed by atoms with van der Waals surface area (Å²) in [6.45, 7) is 1.93. The summed E-state index contributed by atoms with van der Waals surface area (Å²) in [5.41, 5.74) is 1.90. The molecule has 0 bridgehead atoms. The van der Waals surface area contributed by atoms with Crippen molar-refractivity contribution in [1.29, 1.82) is 0 Å². The SMILES string of the molecule is Cc1cccc(-c2n[nH]c(=S)n2CC(=O)NCCS(=O)(=O)c2ccccc2)c1. The summed E-state index contributed by atoms with van der Waals surface area (Å²) in [6.07, 6.45) is 0. The van der Waals surface area contributed by atoms with Crippen molar-refractivity contribution < 1.29 is 13.2 Å². The number of hydrogen-bond donors (Lipinski definition) is 2. The summed E-state index contributed by atoms with van der Waals surface area (Å²) in [7, 11) is -3.44. The molecule has 2 aromatic carbocycles. The van der Waals surface area contributed by atoms with E-state index in [-0.39, 0.29) is 29.6 Å². The molecular weight excluding hydrogens is 396 g/mol. The summed E-state index contributed by atoms with van der Waals surface area (Å²) in [4.78, 5) is 12.6. The Morgan fingerprint density at radius 2 is 1.93 bits per heavy atom. The molecule has 9 heteroatoms. The lowest BCUT2D eigenvalue weighted by Crippen LogP contribution is -2.32. The van der Waals surface area contributed by atoms with Crippen molar-refractivity contribution in [3.8, 4) is 11.4 Å². The van der Waals surface area contributed by atoms with E-state index in [0.29, 0.717) is 10.6 Å². The zero-order chi connectivity index (χ0) is 20.1. The largest absolute Gasteiger partial charge is 0.354 e. The molecule has 0 fully saturated rings. The second kappa shape index (κ2) is 8.49. The summed E-state index contributed by atoms with van der Waals surface area (Å²) in [6, 6.07) is 15.9. The maximum atomic E-state index is 12.3. The van der Waals surface area contributed by atoms with Gasteiger partial charge in [-0.2, -0.15) is 5.10 Å². The molecule has 1 amide bonds. The first-order valence-corrected chi connectivity index (χ1v) is 10.7. The fourth-order valence-electron chi connectivity index (χ4n) is 2.74. The first-order valence-electron chi connectivity index (χ1n) is 8.63. The van der Waals surface area contributed by atoms with E-state index in [1.54, 1.807) is 22.8 Å². The van der Waals surface area contributed by atoms with Crippen LogP contribution in [0.15, 0.2) is 59.5 Å². The summed E-state index contributed by atoms with van der Waals surface area (Å²) in [5.74, 6) is 0.0417. The van der Waals surface area contributed by atoms with Crippen molar-refractivity contribution in [2.75, 3.05) is 12.3 Å². The van der Waals surface area contributed by atoms with Crippen LogP contribution in [0.4, 0.5) is 0 Å². The Labute approximate surface area is 168 Å². The third-order valence-corrected chi connectivity index (χ3v) is 6.18. The predicted octanol–water partition coefficient (Wildman–Crippen LogP) is 2.51. The van der Waals surface area contributed by atoms with Gasteiger partial charge >= 0.3 is 0 Å². The molecule has 1 heterocycles. The molecule has 3 aromatic rings. The van der Waals surface area contributed by atoms with Crippen LogP contribution < -0.4 is 5.32 Å². The monoisotopic (exact) mass is 416 g/mol. The smallest absolute Gasteiger partial charge is 0.240 e. The van der Waals surface area contributed by atoms with Gasteiger partial charge in [-0.3, -0.25) is 14.5 Å². The number of aromatic nitrogens is 3. The topological polar surface area (TPSA) is 96.8 Å². The maximum Gasteiger partial charge on any atom is 0.240 e. The van der Waals surface area contributed by atoms with Gasteiger partial charge in [0, 0.05) is 12.1 Å². The number of nitrogens with zero attached hydrogens (tertiary/aromatic N) is 2. The normalized spacial score (nSPS) is 11.3. The van der Waals surface area contributed by atoms with E-state index in [2.05, 4.69) is 15.5 Å². The van der Waals surface area contributed by atoms with Gasteiger partial charge in [-0.15, -0.1) is 0 Å². The van der Waals surface area contributed by atoms with Gasteiger partial charge in [0.25, 0.3) is 0 Å². The zero-order valence-corrected chi connectivity index (χ0v) is 16.9. The third-order valence-electron chi connectivity index (χ3n) is 4.13. The quantitative estimate of drug-likeness (QED) is 0.577. The molecule has 7 nitrogen and oxygen atoms in total. The highest BCUT2D eigenvalue weighted by atomic mass is 32.2. The zero-order valence-electron chi connectivity index (χ0n) is 15.3. The van der Waals surface area contributed by atoms with Crippen LogP contribution in [-0.2, 0) is 21.2 Å². The Morgan fingerprint density at radius 1 is 1.18 bits per heavy atom. The minimum atomic E-state index is -3.44. The van der Waals surface area contributed by atoms with Crippen LogP contribution in [0.25, 0.3) is 11.4 Å². The molecular formula is C19H20N4O3S2. The number of sulfone groups is 1. The Hall–Kier alpha value is -2.78. The van der Waals surface area contributed by atoms with Gasteiger partial charge in [0.05, 0.1) is 10.6 Å². The van der Waals surface area contributed by atoms with Crippen LogP contribution in [-0.4, -0.2) is 41.4 Å². The van der Waals surface area contributed by atoms with Crippen LogP contribution in [0, 0.1) is 11.7 Å². The van der Waals surface area contributed by atoms with Crippen molar-refractivity contribution in [3.63, 3.8) is 0 Å². The molecule has 0 spiro atoms. The standard InChI is InChI=1S/C19H20N4O3S2/c1-14-6-5-7-15(12-14)18-21-22-19(27)23(18)13-17(24)20-10-11-28(25,26)16-8-3-2-4-9-16/h2-9,12H,10-11,13H2,1H3,(H,20,24)(H,22,27). The molecule has 0 unspecified atom stereocenters. The predicted molar refractivity (Wildman–Crippen MR) is 109 cm³/mol. The third kappa shape index (κ3) is 4.73. The number of benzene rings is 2. The van der Waals surface area contributed by atoms with Crippen molar-refractivity contribution in [1.82, 2.24) is 20.1 Å². The van der Waals surface area contributed by atoms with Crippen molar-refractivity contribution in [3.05, 3.63) is 64.9 Å². The van der Waals surface area contributed by atoms with Gasteiger partial charge in [0.2, 0.25) is 5.91 Å². The summed E-state index contributed by atoms with van der Waals surface area (Å²) < 4.78 is 26.4. The lowest BCUT2D eigenvalue weighted by atomic mass is 10.1. The van der Waals surface area contributed by atoms with Crippen molar-refractivity contribution in [2.45, 2.75) is 18.4 Å². The van der Waals surface area contributed by atoms with Crippen molar-refractivity contribution >= 4 is 28.0 Å². The van der Waals surface area contributed by atoms with Crippen molar-refractivity contribution in [2.24, 2.45) is 0 Å². The summed E-state index contributed by atoms with van der Waals surface area (Å²) >= 11 is 5.23. The fraction of sp³-hybridized carbons (Fsp3) is 0.211. The number of hydrogen-bond acceptors (Lipinski definition) is 5. The van der Waals surface area contributed by atoms with E-state index in [9.17, 15) is 13.2 Å². The lowest BCUT2D eigenvalue weighted by molar-refractivity contribution is -0.121. The molecule has 0 aliphatic carbocycles. The number of aryl methyl sites for hydroxylation is 1. The van der Waals surface area contributed by atoms with Gasteiger partial charge < -0.3 is 5.32 Å². The molecule has 2 N–H and O–H groups in total. The second-order valence-corrected chi connectivity index (χ2v) is 8.79. The number of aromatic amines is 1. The van der Waals surface area contributed by atoms with Gasteiger partial charge in [-0.1, -0.05) is 42.0 Å². The Balaban J connectivity index is 1.65. The van der Waals surface area contributed by atoms with Gasteiger partial charge in [-0.05, 0) is 37.3 Å². The molecule has 0 aliphatic heterocycles.